The molecular weight excluding hydrogens is 465 g/mol. The van der Waals surface area contributed by atoms with Crippen molar-refractivity contribution in [2.75, 3.05) is 30.4 Å². The van der Waals surface area contributed by atoms with Gasteiger partial charge in [0.25, 0.3) is 5.91 Å². The lowest BCUT2D eigenvalue weighted by Crippen LogP contribution is -2.22. The van der Waals surface area contributed by atoms with Crippen molar-refractivity contribution in [2.24, 2.45) is 0 Å². The maximum atomic E-state index is 14.6. The summed E-state index contributed by atoms with van der Waals surface area (Å²) in [5.74, 6) is -0.766. The van der Waals surface area contributed by atoms with Crippen LogP contribution < -0.4 is 19.7 Å². The lowest BCUT2D eigenvalue weighted by Gasteiger charge is -2.22. The highest BCUT2D eigenvalue weighted by atomic mass is 35.5. The van der Waals surface area contributed by atoms with Gasteiger partial charge in [-0.2, -0.15) is 0 Å². The fourth-order valence-corrected chi connectivity index (χ4v) is 3.94. The van der Waals surface area contributed by atoms with E-state index < -0.39 is 16.6 Å². The Morgan fingerprint density at radius 3 is 2.53 bits per heavy atom. The Morgan fingerprint density at radius 1 is 1.09 bits per heavy atom. The van der Waals surface area contributed by atoms with E-state index >= 15 is 0 Å². The van der Waals surface area contributed by atoms with Gasteiger partial charge < -0.3 is 19.7 Å². The van der Waals surface area contributed by atoms with Crippen molar-refractivity contribution in [2.45, 2.75) is 12.8 Å². The van der Waals surface area contributed by atoms with Crippen LogP contribution in [0.1, 0.15) is 23.2 Å². The monoisotopic (exact) mass is 485 g/mol. The minimum Gasteiger partial charge on any atom is -0.493 e. The third-order valence-electron chi connectivity index (χ3n) is 5.44. The Bertz CT molecular complexity index is 1250. The Labute approximate surface area is 200 Å². The average molecular weight is 486 g/mol. The number of carbonyl (C=O) groups excluding carboxylic acids is 1. The number of nitro benzene ring substituents is 1. The van der Waals surface area contributed by atoms with Gasteiger partial charge in [0.15, 0.2) is 11.5 Å². The molecule has 34 heavy (non-hydrogen) atoms. The van der Waals surface area contributed by atoms with Gasteiger partial charge in [-0.3, -0.25) is 14.9 Å². The van der Waals surface area contributed by atoms with Gasteiger partial charge in [-0.15, -0.1) is 0 Å². The van der Waals surface area contributed by atoms with Gasteiger partial charge in [-0.05, 0) is 55.3 Å². The molecule has 1 aliphatic heterocycles. The first-order chi connectivity index (χ1) is 16.4. The normalized spacial score (nSPS) is 13.0. The van der Waals surface area contributed by atoms with Crippen LogP contribution in [0.3, 0.4) is 0 Å². The fourth-order valence-electron chi connectivity index (χ4n) is 3.77. The highest BCUT2D eigenvalue weighted by molar-refractivity contribution is 6.30. The standard InChI is InChI=1S/C24H21ClFN3O5/c1-33-22-13-15(7-9-21(22)34-20-10-8-16(25)14-19(20)29(31)32)24(30)27-23-17(26)5-4-6-18(23)28-11-2-3-12-28/h4-10,13-14H,2-3,11-12H2,1H3,(H,27,30). The highest BCUT2D eigenvalue weighted by Gasteiger charge is 2.22. The van der Waals surface area contributed by atoms with Crippen molar-refractivity contribution < 1.29 is 23.6 Å². The number of hydrogen-bond donors (Lipinski definition) is 1. The fraction of sp³-hybridized carbons (Fsp3) is 0.208. The van der Waals surface area contributed by atoms with Gasteiger partial charge in [-0.1, -0.05) is 17.7 Å². The number of nitro groups is 1. The van der Waals surface area contributed by atoms with Crippen molar-refractivity contribution in [3.8, 4) is 17.2 Å². The van der Waals surface area contributed by atoms with E-state index in [4.69, 9.17) is 21.1 Å². The number of amides is 1. The predicted molar refractivity (Wildman–Crippen MR) is 127 cm³/mol. The lowest BCUT2D eigenvalue weighted by molar-refractivity contribution is -0.385. The number of nitrogens with one attached hydrogen (secondary N) is 1. The molecule has 1 fully saturated rings. The number of para-hydroxylation sites is 1. The van der Waals surface area contributed by atoms with Gasteiger partial charge in [-0.25, -0.2) is 4.39 Å². The maximum Gasteiger partial charge on any atom is 0.313 e. The summed E-state index contributed by atoms with van der Waals surface area (Å²) >= 11 is 5.85. The summed E-state index contributed by atoms with van der Waals surface area (Å²) in [5.41, 5.74) is 0.633. The first-order valence-electron chi connectivity index (χ1n) is 10.5. The Kier molecular flexibility index (Phi) is 6.83. The first kappa shape index (κ1) is 23.3. The second kappa shape index (κ2) is 9.96. The van der Waals surface area contributed by atoms with Gasteiger partial charge in [0.05, 0.1) is 17.7 Å². The molecule has 8 nitrogen and oxygen atoms in total. The molecule has 0 aliphatic carbocycles. The van der Waals surface area contributed by atoms with Crippen LogP contribution in [0, 0.1) is 15.9 Å². The Morgan fingerprint density at radius 2 is 1.82 bits per heavy atom. The molecule has 1 heterocycles. The Hall–Kier alpha value is -3.85. The molecule has 1 saturated heterocycles. The SMILES string of the molecule is COc1cc(C(=O)Nc2c(F)cccc2N2CCCC2)ccc1Oc1ccc(Cl)cc1[N+](=O)[O-]. The summed E-state index contributed by atoms with van der Waals surface area (Å²) < 4.78 is 25.6. The number of halogens is 2. The number of carbonyl (C=O) groups is 1. The second-order valence-electron chi connectivity index (χ2n) is 7.62. The molecule has 1 amide bonds. The number of nitrogens with zero attached hydrogens (tertiary/aromatic N) is 2. The van der Waals surface area contributed by atoms with Crippen molar-refractivity contribution in [3.63, 3.8) is 0 Å². The minimum absolute atomic E-state index is 0.0356. The van der Waals surface area contributed by atoms with Crippen LogP contribution in [0.5, 0.6) is 17.2 Å². The number of ether oxygens (including phenoxy) is 2. The topological polar surface area (TPSA) is 93.9 Å². The van der Waals surface area contributed by atoms with Crippen LogP contribution >= 0.6 is 11.6 Å². The van der Waals surface area contributed by atoms with E-state index in [1.165, 1.54) is 49.6 Å². The number of hydrogen-bond acceptors (Lipinski definition) is 6. The molecule has 4 rings (SSSR count). The summed E-state index contributed by atoms with van der Waals surface area (Å²) in [6.45, 7) is 1.59. The highest BCUT2D eigenvalue weighted by Crippen LogP contribution is 2.38. The number of benzene rings is 3. The van der Waals surface area contributed by atoms with Crippen molar-refractivity contribution in [1.29, 1.82) is 0 Å². The molecule has 0 unspecified atom stereocenters. The molecule has 10 heteroatoms. The first-order valence-corrected chi connectivity index (χ1v) is 10.9. The molecule has 0 atom stereocenters. The molecule has 0 aromatic heterocycles. The van der Waals surface area contributed by atoms with Gasteiger partial charge >= 0.3 is 5.69 Å². The van der Waals surface area contributed by atoms with Gasteiger partial charge in [0, 0.05) is 29.7 Å². The zero-order valence-electron chi connectivity index (χ0n) is 18.2. The summed E-state index contributed by atoms with van der Waals surface area (Å²) in [5, 5.41) is 14.2. The summed E-state index contributed by atoms with van der Waals surface area (Å²) in [6, 6.07) is 13.0. The molecule has 176 valence electrons. The van der Waals surface area contributed by atoms with Crippen LogP contribution in [0.15, 0.2) is 54.6 Å². The van der Waals surface area contributed by atoms with Crippen molar-refractivity contribution >= 4 is 34.6 Å². The van der Waals surface area contributed by atoms with Gasteiger partial charge in [0.2, 0.25) is 5.75 Å². The molecule has 3 aromatic rings. The quantitative estimate of drug-likeness (QED) is 0.324. The van der Waals surface area contributed by atoms with E-state index in [2.05, 4.69) is 5.32 Å². The molecule has 0 spiro atoms. The molecule has 1 aliphatic rings. The van der Waals surface area contributed by atoms with Crippen molar-refractivity contribution in [3.05, 3.63) is 81.1 Å². The molecule has 0 radical (unpaired) electrons. The lowest BCUT2D eigenvalue weighted by atomic mass is 10.1. The van der Waals surface area contributed by atoms with E-state index in [-0.39, 0.29) is 39.2 Å². The zero-order chi connectivity index (χ0) is 24.2. The predicted octanol–water partition coefficient (Wildman–Crippen LogP) is 6.04. The maximum absolute atomic E-state index is 14.6. The van der Waals surface area contributed by atoms with Crippen LogP contribution in [-0.4, -0.2) is 31.0 Å². The van der Waals surface area contributed by atoms with E-state index in [9.17, 15) is 19.3 Å². The van der Waals surface area contributed by atoms with E-state index in [0.29, 0.717) is 5.69 Å². The van der Waals surface area contributed by atoms with Crippen LogP contribution in [0.25, 0.3) is 0 Å². The van der Waals surface area contributed by atoms with Crippen molar-refractivity contribution in [1.82, 2.24) is 0 Å². The molecular formula is C24H21ClFN3O5. The number of methoxy groups -OCH3 is 1. The largest absolute Gasteiger partial charge is 0.493 e. The van der Waals surface area contributed by atoms with E-state index in [1.807, 2.05) is 4.90 Å². The average Bonchev–Trinajstić information content (AvgIpc) is 3.36. The smallest absolute Gasteiger partial charge is 0.313 e. The van der Waals surface area contributed by atoms with Crippen LogP contribution in [0.2, 0.25) is 5.02 Å². The summed E-state index contributed by atoms with van der Waals surface area (Å²) in [4.78, 5) is 25.7. The van der Waals surface area contributed by atoms with E-state index in [0.717, 1.165) is 25.9 Å². The van der Waals surface area contributed by atoms with Crippen LogP contribution in [-0.2, 0) is 0 Å². The number of anilines is 2. The van der Waals surface area contributed by atoms with Crippen LogP contribution in [0.4, 0.5) is 21.5 Å². The molecule has 0 bridgehead atoms. The molecule has 1 N–H and O–H groups in total. The second-order valence-corrected chi connectivity index (χ2v) is 8.06. The third kappa shape index (κ3) is 4.89. The summed E-state index contributed by atoms with van der Waals surface area (Å²) in [6.07, 6.45) is 2.02. The molecule has 3 aromatic carbocycles. The minimum atomic E-state index is -0.609. The third-order valence-corrected chi connectivity index (χ3v) is 5.68. The number of rotatable bonds is 7. The zero-order valence-corrected chi connectivity index (χ0v) is 19.0. The van der Waals surface area contributed by atoms with Gasteiger partial charge in [0.1, 0.15) is 11.5 Å². The summed E-state index contributed by atoms with van der Waals surface area (Å²) in [7, 11) is 1.38. The Balaban J connectivity index is 1.59. The van der Waals surface area contributed by atoms with E-state index in [1.54, 1.807) is 12.1 Å². The molecule has 0 saturated carbocycles.